The summed E-state index contributed by atoms with van der Waals surface area (Å²) in [4.78, 5) is 0.326. The van der Waals surface area contributed by atoms with Gasteiger partial charge in [-0.25, -0.2) is 8.42 Å². The largest absolute Gasteiger partial charge is 0.457 e. The summed E-state index contributed by atoms with van der Waals surface area (Å²) in [6.45, 7) is 3.90. The highest BCUT2D eigenvalue weighted by molar-refractivity contribution is 7.92. The zero-order chi connectivity index (χ0) is 17.6. The first-order valence-corrected chi connectivity index (χ1v) is 9.69. The Hall–Kier alpha value is -2.59. The molecule has 3 aromatic rings. The van der Waals surface area contributed by atoms with Crippen molar-refractivity contribution >= 4 is 9.84 Å². The van der Waals surface area contributed by atoms with E-state index in [0.717, 1.165) is 11.1 Å². The minimum absolute atomic E-state index is 0.326. The number of para-hydroxylation sites is 1. The molecule has 1 aliphatic heterocycles. The minimum atomic E-state index is -3.60. The van der Waals surface area contributed by atoms with Gasteiger partial charge in [0, 0.05) is 11.1 Å². The molecule has 1 aliphatic rings. The van der Waals surface area contributed by atoms with Crippen molar-refractivity contribution in [3.63, 3.8) is 0 Å². The smallest absolute Gasteiger partial charge is 0.189 e. The molecular weight excluding hydrogens is 332 g/mol. The molecule has 0 saturated heterocycles. The van der Waals surface area contributed by atoms with Gasteiger partial charge in [0.1, 0.15) is 16.7 Å². The van der Waals surface area contributed by atoms with Crippen molar-refractivity contribution in [3.8, 4) is 11.5 Å². The minimum Gasteiger partial charge on any atom is -0.457 e. The third kappa shape index (κ3) is 2.63. The van der Waals surface area contributed by atoms with Crippen molar-refractivity contribution in [2.75, 3.05) is 0 Å². The summed E-state index contributed by atoms with van der Waals surface area (Å²) in [7, 11) is -3.60. The molecule has 4 heteroatoms. The Morgan fingerprint density at radius 3 is 2.16 bits per heavy atom. The van der Waals surface area contributed by atoms with E-state index in [2.05, 4.69) is 0 Å². The van der Waals surface area contributed by atoms with Gasteiger partial charge < -0.3 is 4.74 Å². The SMILES string of the molecule is Cc1ccc(S(=O)(=O)[C@H]2c3ccccc3Oc3ccc(C)cc32)cc1. The predicted molar refractivity (Wildman–Crippen MR) is 97.9 cm³/mol. The van der Waals surface area contributed by atoms with Gasteiger partial charge in [0.15, 0.2) is 9.84 Å². The van der Waals surface area contributed by atoms with Gasteiger partial charge in [-0.2, -0.15) is 0 Å². The molecule has 0 aromatic heterocycles. The molecule has 0 bridgehead atoms. The van der Waals surface area contributed by atoms with Crippen LogP contribution in [0.1, 0.15) is 27.5 Å². The van der Waals surface area contributed by atoms with Gasteiger partial charge in [-0.05, 0) is 38.1 Å². The number of hydrogen-bond acceptors (Lipinski definition) is 3. The number of rotatable bonds is 2. The molecule has 0 radical (unpaired) electrons. The van der Waals surface area contributed by atoms with Gasteiger partial charge in [-0.3, -0.25) is 0 Å². The standard InChI is InChI=1S/C21H18O3S/c1-14-7-10-16(11-8-14)25(22,23)21-17-5-3-4-6-19(17)24-20-12-9-15(2)13-18(20)21/h3-13,21H,1-2H3/t21-/m0/s1. The Bertz CT molecular complexity index is 1050. The number of benzene rings is 3. The number of sulfone groups is 1. The second-order valence-electron chi connectivity index (χ2n) is 6.42. The van der Waals surface area contributed by atoms with Crippen LogP contribution in [0, 0.1) is 13.8 Å². The topological polar surface area (TPSA) is 43.4 Å². The molecule has 3 nitrogen and oxygen atoms in total. The molecular formula is C21H18O3S. The molecule has 1 atom stereocenters. The van der Waals surface area contributed by atoms with Crippen molar-refractivity contribution in [2.24, 2.45) is 0 Å². The van der Waals surface area contributed by atoms with Crippen LogP contribution in [-0.2, 0) is 9.84 Å². The molecule has 0 fully saturated rings. The molecule has 0 spiro atoms. The lowest BCUT2D eigenvalue weighted by Crippen LogP contribution is -2.19. The summed E-state index contributed by atoms with van der Waals surface area (Å²) in [5.41, 5.74) is 3.41. The summed E-state index contributed by atoms with van der Waals surface area (Å²) < 4.78 is 32.9. The van der Waals surface area contributed by atoms with Crippen LogP contribution in [0.15, 0.2) is 71.6 Å². The maximum atomic E-state index is 13.5. The van der Waals surface area contributed by atoms with Gasteiger partial charge in [-0.15, -0.1) is 0 Å². The van der Waals surface area contributed by atoms with Crippen LogP contribution >= 0.6 is 0 Å². The molecule has 0 saturated carbocycles. The van der Waals surface area contributed by atoms with E-state index in [-0.39, 0.29) is 0 Å². The molecule has 0 N–H and O–H groups in total. The fourth-order valence-corrected chi connectivity index (χ4v) is 5.08. The molecule has 25 heavy (non-hydrogen) atoms. The van der Waals surface area contributed by atoms with Crippen LogP contribution in [0.25, 0.3) is 0 Å². The Morgan fingerprint density at radius 1 is 0.760 bits per heavy atom. The number of fused-ring (bicyclic) bond motifs is 2. The van der Waals surface area contributed by atoms with E-state index in [1.54, 1.807) is 12.1 Å². The van der Waals surface area contributed by atoms with E-state index < -0.39 is 15.1 Å². The first-order chi connectivity index (χ1) is 12.0. The van der Waals surface area contributed by atoms with Crippen LogP contribution in [0.4, 0.5) is 0 Å². The Labute approximate surface area is 147 Å². The van der Waals surface area contributed by atoms with Crippen LogP contribution in [-0.4, -0.2) is 8.42 Å². The summed E-state index contributed by atoms with van der Waals surface area (Å²) in [6, 6.07) is 20.0. The highest BCUT2D eigenvalue weighted by Crippen LogP contribution is 2.48. The van der Waals surface area contributed by atoms with Crippen LogP contribution in [0.3, 0.4) is 0 Å². The lowest BCUT2D eigenvalue weighted by molar-refractivity contribution is 0.455. The van der Waals surface area contributed by atoms with Crippen LogP contribution in [0.5, 0.6) is 11.5 Å². The molecule has 126 valence electrons. The van der Waals surface area contributed by atoms with Crippen molar-refractivity contribution < 1.29 is 13.2 Å². The van der Waals surface area contributed by atoms with Gasteiger partial charge in [0.2, 0.25) is 0 Å². The van der Waals surface area contributed by atoms with Gasteiger partial charge in [-0.1, -0.05) is 53.6 Å². The molecule has 0 unspecified atom stereocenters. The van der Waals surface area contributed by atoms with E-state index >= 15 is 0 Å². The van der Waals surface area contributed by atoms with Crippen molar-refractivity contribution in [1.82, 2.24) is 0 Å². The number of aryl methyl sites for hydroxylation is 2. The molecule has 0 aliphatic carbocycles. The fraction of sp³-hybridized carbons (Fsp3) is 0.143. The average molecular weight is 350 g/mol. The maximum absolute atomic E-state index is 13.5. The van der Waals surface area contributed by atoms with E-state index in [1.165, 1.54) is 0 Å². The molecule has 3 aromatic carbocycles. The van der Waals surface area contributed by atoms with E-state index in [0.29, 0.717) is 27.5 Å². The second kappa shape index (κ2) is 5.74. The molecule has 4 rings (SSSR count). The Kier molecular flexibility index (Phi) is 3.65. The lowest BCUT2D eigenvalue weighted by atomic mass is 9.98. The van der Waals surface area contributed by atoms with Gasteiger partial charge in [0.25, 0.3) is 0 Å². The molecule has 1 heterocycles. The van der Waals surface area contributed by atoms with Crippen molar-refractivity contribution in [1.29, 1.82) is 0 Å². The summed E-state index contributed by atoms with van der Waals surface area (Å²) in [5.74, 6) is 1.20. The Balaban J connectivity index is 1.97. The third-order valence-corrected chi connectivity index (χ3v) is 6.59. The summed E-state index contributed by atoms with van der Waals surface area (Å²) in [6.07, 6.45) is 0. The van der Waals surface area contributed by atoms with Crippen molar-refractivity contribution in [3.05, 3.63) is 89.0 Å². The normalized spacial score (nSPS) is 15.8. The zero-order valence-corrected chi connectivity index (χ0v) is 14.9. The lowest BCUT2D eigenvalue weighted by Gasteiger charge is -2.28. The average Bonchev–Trinajstić information content (AvgIpc) is 2.60. The highest BCUT2D eigenvalue weighted by atomic mass is 32.2. The summed E-state index contributed by atoms with van der Waals surface area (Å²) in [5, 5.41) is -0.768. The first-order valence-electron chi connectivity index (χ1n) is 8.15. The Morgan fingerprint density at radius 2 is 1.40 bits per heavy atom. The molecule has 0 amide bonds. The second-order valence-corrected chi connectivity index (χ2v) is 8.45. The third-order valence-electron chi connectivity index (χ3n) is 4.53. The zero-order valence-electron chi connectivity index (χ0n) is 14.1. The highest BCUT2D eigenvalue weighted by Gasteiger charge is 2.37. The maximum Gasteiger partial charge on any atom is 0.189 e. The first kappa shape index (κ1) is 15.9. The quantitative estimate of drug-likeness (QED) is 0.655. The van der Waals surface area contributed by atoms with Gasteiger partial charge >= 0.3 is 0 Å². The summed E-state index contributed by atoms with van der Waals surface area (Å²) >= 11 is 0. The van der Waals surface area contributed by atoms with Crippen LogP contribution < -0.4 is 4.74 Å². The van der Waals surface area contributed by atoms with E-state index in [4.69, 9.17) is 4.74 Å². The van der Waals surface area contributed by atoms with Crippen molar-refractivity contribution in [2.45, 2.75) is 24.0 Å². The van der Waals surface area contributed by atoms with E-state index in [9.17, 15) is 8.42 Å². The van der Waals surface area contributed by atoms with E-state index in [1.807, 2.05) is 68.4 Å². The monoisotopic (exact) mass is 350 g/mol. The van der Waals surface area contributed by atoms with Gasteiger partial charge in [0.05, 0.1) is 4.90 Å². The number of ether oxygens (including phenoxy) is 1. The number of hydrogen-bond donors (Lipinski definition) is 0. The fourth-order valence-electron chi connectivity index (χ4n) is 3.24. The predicted octanol–water partition coefficient (Wildman–Crippen LogP) is 4.97. The van der Waals surface area contributed by atoms with Crippen LogP contribution in [0.2, 0.25) is 0 Å².